The van der Waals surface area contributed by atoms with E-state index in [1.807, 2.05) is 61.2 Å². The summed E-state index contributed by atoms with van der Waals surface area (Å²) in [6, 6.07) is 26.7. The molecule has 3 aromatic carbocycles. The molecule has 1 aromatic heterocycles. The maximum Gasteiger partial charge on any atom is 0.316 e. The van der Waals surface area contributed by atoms with Gasteiger partial charge in [-0.1, -0.05) is 84.0 Å². The maximum absolute atomic E-state index is 12.9. The third-order valence-electron chi connectivity index (χ3n) is 8.15. The summed E-state index contributed by atoms with van der Waals surface area (Å²) in [6.45, 7) is 5.35. The molecule has 1 saturated heterocycles. The van der Waals surface area contributed by atoms with Crippen molar-refractivity contribution in [1.82, 2.24) is 10.1 Å². The number of aryl methyl sites for hydroxylation is 1. The van der Waals surface area contributed by atoms with Gasteiger partial charge >= 0.3 is 5.97 Å². The summed E-state index contributed by atoms with van der Waals surface area (Å²) in [7, 11) is 0. The second kappa shape index (κ2) is 10.2. The van der Waals surface area contributed by atoms with Crippen molar-refractivity contribution in [2.45, 2.75) is 51.0 Å². The van der Waals surface area contributed by atoms with Crippen molar-refractivity contribution >= 4 is 11.9 Å². The Labute approximate surface area is 228 Å². The van der Waals surface area contributed by atoms with Gasteiger partial charge < -0.3 is 14.2 Å². The highest BCUT2D eigenvalue weighted by Crippen LogP contribution is 2.49. The number of rotatable bonds is 8. The van der Waals surface area contributed by atoms with Gasteiger partial charge in [0.1, 0.15) is 0 Å². The highest BCUT2D eigenvalue weighted by atomic mass is 16.5. The molecule has 0 spiro atoms. The lowest BCUT2D eigenvalue weighted by molar-refractivity contribution is -0.146. The summed E-state index contributed by atoms with van der Waals surface area (Å²) in [4.78, 5) is 27.2. The van der Waals surface area contributed by atoms with Gasteiger partial charge in [-0.2, -0.15) is 0 Å². The van der Waals surface area contributed by atoms with Crippen LogP contribution in [0.15, 0.2) is 83.4 Å². The summed E-state index contributed by atoms with van der Waals surface area (Å²) >= 11 is 0. The molecule has 1 unspecified atom stereocenters. The smallest absolute Gasteiger partial charge is 0.316 e. The molecule has 198 valence electrons. The van der Waals surface area contributed by atoms with Crippen molar-refractivity contribution < 1.29 is 18.8 Å². The Hall–Kier alpha value is -4.19. The lowest BCUT2D eigenvalue weighted by Gasteiger charge is -2.17. The van der Waals surface area contributed by atoms with Crippen molar-refractivity contribution in [3.05, 3.63) is 101 Å². The molecule has 6 nitrogen and oxygen atoms in total. The van der Waals surface area contributed by atoms with Crippen LogP contribution in [0.2, 0.25) is 0 Å². The number of hydrogen-bond acceptors (Lipinski definition) is 5. The van der Waals surface area contributed by atoms with E-state index in [4.69, 9.17) is 9.26 Å². The topological polar surface area (TPSA) is 72.6 Å². The van der Waals surface area contributed by atoms with E-state index in [2.05, 4.69) is 41.6 Å². The highest BCUT2D eigenvalue weighted by Gasteiger charge is 2.52. The van der Waals surface area contributed by atoms with E-state index in [1.165, 1.54) is 5.56 Å². The number of carbonyl (C=O) groups excluding carboxylic acids is 2. The van der Waals surface area contributed by atoms with Crippen LogP contribution in [0, 0.1) is 6.92 Å². The summed E-state index contributed by atoms with van der Waals surface area (Å²) in [5.74, 6) is 0.951. The lowest BCUT2D eigenvalue weighted by atomic mass is 9.93. The quantitative estimate of drug-likeness (QED) is 0.251. The third-order valence-corrected chi connectivity index (χ3v) is 8.15. The van der Waals surface area contributed by atoms with Crippen LogP contribution in [0.25, 0.3) is 22.5 Å². The molecule has 0 N–H and O–H groups in total. The zero-order valence-corrected chi connectivity index (χ0v) is 22.4. The Bertz CT molecular complexity index is 1490. The van der Waals surface area contributed by atoms with Crippen LogP contribution >= 0.6 is 0 Å². The van der Waals surface area contributed by atoms with Gasteiger partial charge in [-0.25, -0.2) is 0 Å². The Kier molecular flexibility index (Phi) is 6.55. The SMILES string of the molecule is CCOC(=O)C1(c2ccc(-c3ccc(-c4onc(C)c4CN4CC(c5ccccc5)CC4=O)cc3)cc2)CC1. The predicted octanol–water partition coefficient (Wildman–Crippen LogP) is 6.43. The first-order chi connectivity index (χ1) is 19.0. The molecule has 1 saturated carbocycles. The molecule has 0 radical (unpaired) electrons. The normalized spacial score (nSPS) is 17.8. The number of carbonyl (C=O) groups is 2. The van der Waals surface area contributed by atoms with Crippen molar-refractivity contribution in [3.63, 3.8) is 0 Å². The summed E-state index contributed by atoms with van der Waals surface area (Å²) < 4.78 is 11.1. The minimum Gasteiger partial charge on any atom is -0.465 e. The number of nitrogens with zero attached hydrogens (tertiary/aromatic N) is 2. The van der Waals surface area contributed by atoms with Gasteiger partial charge in [-0.3, -0.25) is 9.59 Å². The fraction of sp³-hybridized carbons (Fsp3) is 0.303. The summed E-state index contributed by atoms with van der Waals surface area (Å²) in [6.07, 6.45) is 2.21. The van der Waals surface area contributed by atoms with E-state index >= 15 is 0 Å². The number of likely N-dealkylation sites (tertiary alicyclic amines) is 1. The van der Waals surface area contributed by atoms with E-state index in [0.717, 1.165) is 46.4 Å². The van der Waals surface area contributed by atoms with Gasteiger partial charge in [0.15, 0.2) is 5.76 Å². The van der Waals surface area contributed by atoms with Crippen molar-refractivity contribution in [2.75, 3.05) is 13.2 Å². The molecule has 2 fully saturated rings. The highest BCUT2D eigenvalue weighted by molar-refractivity contribution is 5.87. The van der Waals surface area contributed by atoms with Crippen LogP contribution in [-0.4, -0.2) is 35.1 Å². The Morgan fingerprint density at radius 2 is 1.62 bits per heavy atom. The first-order valence-corrected chi connectivity index (χ1v) is 13.6. The standard InChI is InChI=1S/C33H32N2O4/c1-3-38-32(37)33(17-18-33)28-15-13-25(14-16-28)24-9-11-26(12-10-24)31-29(22(2)34-39-31)21-35-20-27(19-30(35)36)23-7-5-4-6-8-23/h4-16,27H,3,17-21H2,1-2H3. The molecule has 4 aromatic rings. The number of amides is 1. The fourth-order valence-corrected chi connectivity index (χ4v) is 5.67. The van der Waals surface area contributed by atoms with Crippen molar-refractivity contribution in [3.8, 4) is 22.5 Å². The molecular weight excluding hydrogens is 488 g/mol. The third kappa shape index (κ3) is 4.76. The van der Waals surface area contributed by atoms with Gasteiger partial charge in [-0.15, -0.1) is 0 Å². The predicted molar refractivity (Wildman–Crippen MR) is 149 cm³/mol. The average molecular weight is 521 g/mol. The van der Waals surface area contributed by atoms with Crippen LogP contribution in [0.3, 0.4) is 0 Å². The van der Waals surface area contributed by atoms with Gasteiger partial charge in [0.05, 0.1) is 24.3 Å². The van der Waals surface area contributed by atoms with Gasteiger partial charge in [0.25, 0.3) is 0 Å². The molecule has 1 atom stereocenters. The Balaban J connectivity index is 1.18. The van der Waals surface area contributed by atoms with Crippen molar-refractivity contribution in [1.29, 1.82) is 0 Å². The van der Waals surface area contributed by atoms with Crippen LogP contribution < -0.4 is 0 Å². The van der Waals surface area contributed by atoms with E-state index in [9.17, 15) is 9.59 Å². The molecule has 2 heterocycles. The van der Waals surface area contributed by atoms with Crippen molar-refractivity contribution in [2.24, 2.45) is 0 Å². The van der Waals surface area contributed by atoms with E-state index in [1.54, 1.807) is 0 Å². The molecule has 1 aliphatic heterocycles. The number of aromatic nitrogens is 1. The fourth-order valence-electron chi connectivity index (χ4n) is 5.67. The minimum atomic E-state index is -0.462. The zero-order valence-electron chi connectivity index (χ0n) is 22.4. The van der Waals surface area contributed by atoms with Gasteiger partial charge in [-0.05, 0) is 48.9 Å². The molecule has 1 amide bonds. The summed E-state index contributed by atoms with van der Waals surface area (Å²) in [5, 5.41) is 4.23. The first kappa shape index (κ1) is 25.1. The van der Waals surface area contributed by atoms with Gasteiger partial charge in [0.2, 0.25) is 5.91 Å². The monoisotopic (exact) mass is 520 g/mol. The average Bonchev–Trinajstić information content (AvgIpc) is 3.60. The van der Waals surface area contributed by atoms with Gasteiger partial charge in [0, 0.05) is 30.0 Å². The van der Waals surface area contributed by atoms with E-state index < -0.39 is 5.41 Å². The molecule has 6 rings (SSSR count). The Morgan fingerprint density at radius 3 is 2.26 bits per heavy atom. The Morgan fingerprint density at radius 1 is 0.974 bits per heavy atom. The zero-order chi connectivity index (χ0) is 27.0. The van der Waals surface area contributed by atoms with Crippen LogP contribution in [0.1, 0.15) is 54.5 Å². The number of ether oxygens (including phenoxy) is 1. The first-order valence-electron chi connectivity index (χ1n) is 13.6. The molecular formula is C33H32N2O4. The molecule has 0 bridgehead atoms. The van der Waals surface area contributed by atoms with Crippen LogP contribution in [0.4, 0.5) is 0 Å². The van der Waals surface area contributed by atoms with E-state index in [0.29, 0.717) is 31.9 Å². The van der Waals surface area contributed by atoms with Crippen LogP contribution in [0.5, 0.6) is 0 Å². The lowest BCUT2D eigenvalue weighted by Crippen LogP contribution is -2.24. The second-order valence-electron chi connectivity index (χ2n) is 10.6. The van der Waals surface area contributed by atoms with Crippen LogP contribution in [-0.2, 0) is 26.3 Å². The summed E-state index contributed by atoms with van der Waals surface area (Å²) in [5.41, 5.74) is 6.59. The molecule has 1 aliphatic carbocycles. The molecule has 6 heteroatoms. The number of esters is 1. The molecule has 2 aliphatic rings. The number of benzene rings is 3. The second-order valence-corrected chi connectivity index (χ2v) is 10.6. The minimum absolute atomic E-state index is 0.119. The molecule has 39 heavy (non-hydrogen) atoms. The maximum atomic E-state index is 12.9. The van der Waals surface area contributed by atoms with E-state index in [-0.39, 0.29) is 17.8 Å². The largest absolute Gasteiger partial charge is 0.465 e. The number of hydrogen-bond donors (Lipinski definition) is 0.